The summed E-state index contributed by atoms with van der Waals surface area (Å²) < 4.78 is 20.2. The zero-order chi connectivity index (χ0) is 13.2. The molecule has 0 radical (unpaired) electrons. The van der Waals surface area contributed by atoms with Crippen molar-refractivity contribution in [3.63, 3.8) is 0 Å². The van der Waals surface area contributed by atoms with E-state index < -0.39 is 0 Å². The Morgan fingerprint density at radius 3 is 2.58 bits per heavy atom. The molecule has 3 heteroatoms. The van der Waals surface area contributed by atoms with E-state index in [0.29, 0.717) is 0 Å². The van der Waals surface area contributed by atoms with Crippen LogP contribution in [0.25, 0.3) is 10.9 Å². The fraction of sp³-hybridized carbons (Fsp3) is 0.125. The van der Waals surface area contributed by atoms with Crippen LogP contribution in [0.15, 0.2) is 54.7 Å². The highest BCUT2D eigenvalue weighted by Crippen LogP contribution is 2.22. The van der Waals surface area contributed by atoms with Gasteiger partial charge in [-0.2, -0.15) is 0 Å². The monoisotopic (exact) mass is 255 g/mol. The normalized spacial score (nSPS) is 10.8. The van der Waals surface area contributed by atoms with Crippen LogP contribution in [0.5, 0.6) is 5.75 Å². The third-order valence-electron chi connectivity index (χ3n) is 3.24. The summed E-state index contributed by atoms with van der Waals surface area (Å²) in [4.78, 5) is 0. The van der Waals surface area contributed by atoms with Crippen molar-refractivity contribution < 1.29 is 9.13 Å². The molecular weight excluding hydrogens is 241 g/mol. The van der Waals surface area contributed by atoms with Crippen LogP contribution in [0.2, 0.25) is 0 Å². The van der Waals surface area contributed by atoms with E-state index in [2.05, 4.69) is 10.6 Å². The van der Waals surface area contributed by atoms with Gasteiger partial charge in [-0.25, -0.2) is 4.39 Å². The van der Waals surface area contributed by atoms with Crippen LogP contribution in [-0.4, -0.2) is 11.7 Å². The Morgan fingerprint density at radius 1 is 1.05 bits per heavy atom. The molecule has 0 aliphatic carbocycles. The molecule has 96 valence electrons. The first-order valence-corrected chi connectivity index (χ1v) is 6.13. The maximum absolute atomic E-state index is 12.9. The summed E-state index contributed by atoms with van der Waals surface area (Å²) in [5.41, 5.74) is 2.22. The molecule has 1 heterocycles. The van der Waals surface area contributed by atoms with E-state index in [1.807, 2.05) is 36.5 Å². The van der Waals surface area contributed by atoms with E-state index >= 15 is 0 Å². The van der Waals surface area contributed by atoms with E-state index in [1.54, 1.807) is 7.11 Å². The Hall–Kier alpha value is -2.29. The molecule has 1 aromatic heterocycles. The Bertz CT molecular complexity index is 700. The Morgan fingerprint density at radius 2 is 1.84 bits per heavy atom. The summed E-state index contributed by atoms with van der Waals surface area (Å²) in [7, 11) is 1.66. The number of nitrogens with zero attached hydrogens (tertiary/aromatic N) is 1. The second-order valence-corrected chi connectivity index (χ2v) is 4.49. The molecule has 0 unspecified atom stereocenters. The van der Waals surface area contributed by atoms with Crippen molar-refractivity contribution in [2.75, 3.05) is 7.11 Å². The van der Waals surface area contributed by atoms with E-state index in [4.69, 9.17) is 4.74 Å². The molecular formula is C16H14FNO. The Labute approximate surface area is 111 Å². The molecule has 0 spiro atoms. The second kappa shape index (κ2) is 4.76. The number of methoxy groups -OCH3 is 1. The zero-order valence-corrected chi connectivity index (χ0v) is 10.6. The maximum Gasteiger partial charge on any atom is 0.123 e. The highest BCUT2D eigenvalue weighted by atomic mass is 19.1. The zero-order valence-electron chi connectivity index (χ0n) is 10.6. The molecule has 0 aliphatic rings. The van der Waals surface area contributed by atoms with Crippen molar-refractivity contribution in [1.29, 1.82) is 0 Å². The van der Waals surface area contributed by atoms with Gasteiger partial charge in [0, 0.05) is 23.6 Å². The van der Waals surface area contributed by atoms with Crippen molar-refractivity contribution >= 4 is 10.9 Å². The summed E-state index contributed by atoms with van der Waals surface area (Å²) in [6, 6.07) is 14.7. The first kappa shape index (κ1) is 11.8. The first-order valence-electron chi connectivity index (χ1n) is 6.13. The Balaban J connectivity index is 1.95. The topological polar surface area (TPSA) is 14.2 Å². The molecule has 0 aliphatic heterocycles. The molecule has 0 bridgehead atoms. The lowest BCUT2D eigenvalue weighted by atomic mass is 10.2. The van der Waals surface area contributed by atoms with Crippen molar-refractivity contribution in [2.24, 2.45) is 0 Å². The molecule has 0 N–H and O–H groups in total. The quantitative estimate of drug-likeness (QED) is 0.693. The fourth-order valence-corrected chi connectivity index (χ4v) is 2.23. The van der Waals surface area contributed by atoms with Gasteiger partial charge in [-0.05, 0) is 42.0 Å². The fourth-order valence-electron chi connectivity index (χ4n) is 2.23. The summed E-state index contributed by atoms with van der Waals surface area (Å²) in [6.07, 6.45) is 2.04. The SMILES string of the molecule is COc1ccc2c(ccn2Cc2ccc(F)cc2)c1. The van der Waals surface area contributed by atoms with Gasteiger partial charge < -0.3 is 9.30 Å². The minimum Gasteiger partial charge on any atom is -0.497 e. The lowest BCUT2D eigenvalue weighted by Gasteiger charge is -2.06. The highest BCUT2D eigenvalue weighted by molar-refractivity contribution is 5.81. The predicted molar refractivity (Wildman–Crippen MR) is 74.0 cm³/mol. The summed E-state index contributed by atoms with van der Waals surface area (Å²) in [5, 5.41) is 1.14. The molecule has 0 saturated heterocycles. The lowest BCUT2D eigenvalue weighted by molar-refractivity contribution is 0.415. The number of aromatic nitrogens is 1. The number of ether oxygens (including phenoxy) is 1. The first-order chi connectivity index (χ1) is 9.26. The smallest absolute Gasteiger partial charge is 0.123 e. The van der Waals surface area contributed by atoms with E-state index in [-0.39, 0.29) is 5.82 Å². The molecule has 2 aromatic carbocycles. The largest absolute Gasteiger partial charge is 0.497 e. The van der Waals surface area contributed by atoms with Gasteiger partial charge in [0.2, 0.25) is 0 Å². The van der Waals surface area contributed by atoms with Gasteiger partial charge >= 0.3 is 0 Å². The van der Waals surface area contributed by atoms with E-state index in [9.17, 15) is 4.39 Å². The molecule has 3 aromatic rings. The van der Waals surface area contributed by atoms with Crippen molar-refractivity contribution in [3.05, 3.63) is 66.1 Å². The van der Waals surface area contributed by atoms with E-state index in [1.165, 1.54) is 12.1 Å². The third kappa shape index (κ3) is 2.32. The van der Waals surface area contributed by atoms with Crippen molar-refractivity contribution in [2.45, 2.75) is 6.54 Å². The number of benzene rings is 2. The minimum absolute atomic E-state index is 0.203. The third-order valence-corrected chi connectivity index (χ3v) is 3.24. The van der Waals surface area contributed by atoms with Gasteiger partial charge in [-0.3, -0.25) is 0 Å². The molecule has 19 heavy (non-hydrogen) atoms. The van der Waals surface area contributed by atoms with Gasteiger partial charge in [-0.15, -0.1) is 0 Å². The number of hydrogen-bond acceptors (Lipinski definition) is 1. The molecule has 2 nitrogen and oxygen atoms in total. The van der Waals surface area contributed by atoms with Crippen LogP contribution in [0.1, 0.15) is 5.56 Å². The molecule has 3 rings (SSSR count). The van der Waals surface area contributed by atoms with Crippen LogP contribution in [0.3, 0.4) is 0 Å². The Kier molecular flexibility index (Phi) is 2.95. The number of halogens is 1. The average molecular weight is 255 g/mol. The van der Waals surface area contributed by atoms with Gasteiger partial charge in [-0.1, -0.05) is 12.1 Å². The van der Waals surface area contributed by atoms with Crippen molar-refractivity contribution in [3.8, 4) is 5.75 Å². The number of rotatable bonds is 3. The number of hydrogen-bond donors (Lipinski definition) is 0. The van der Waals surface area contributed by atoms with Crippen LogP contribution >= 0.6 is 0 Å². The van der Waals surface area contributed by atoms with Gasteiger partial charge in [0.25, 0.3) is 0 Å². The second-order valence-electron chi connectivity index (χ2n) is 4.49. The summed E-state index contributed by atoms with van der Waals surface area (Å²) >= 11 is 0. The van der Waals surface area contributed by atoms with Gasteiger partial charge in [0.05, 0.1) is 7.11 Å². The lowest BCUT2D eigenvalue weighted by Crippen LogP contribution is -1.97. The summed E-state index contributed by atoms with van der Waals surface area (Å²) in [6.45, 7) is 0.732. The maximum atomic E-state index is 12.9. The minimum atomic E-state index is -0.203. The van der Waals surface area contributed by atoms with Crippen LogP contribution in [-0.2, 0) is 6.54 Å². The summed E-state index contributed by atoms with van der Waals surface area (Å²) in [5.74, 6) is 0.651. The van der Waals surface area contributed by atoms with Crippen LogP contribution in [0, 0.1) is 5.82 Å². The molecule has 0 atom stereocenters. The van der Waals surface area contributed by atoms with E-state index in [0.717, 1.165) is 28.8 Å². The molecule has 0 amide bonds. The average Bonchev–Trinajstić information content (AvgIpc) is 2.83. The van der Waals surface area contributed by atoms with Gasteiger partial charge in [0.15, 0.2) is 0 Å². The standard InChI is InChI=1S/C16H14FNO/c1-19-15-6-7-16-13(10-15)8-9-18(16)11-12-2-4-14(17)5-3-12/h2-10H,11H2,1H3. The van der Waals surface area contributed by atoms with Crippen molar-refractivity contribution in [1.82, 2.24) is 4.57 Å². The number of fused-ring (bicyclic) bond motifs is 1. The van der Waals surface area contributed by atoms with Crippen LogP contribution in [0.4, 0.5) is 4.39 Å². The van der Waals surface area contributed by atoms with Gasteiger partial charge in [0.1, 0.15) is 11.6 Å². The predicted octanol–water partition coefficient (Wildman–Crippen LogP) is 3.84. The highest BCUT2D eigenvalue weighted by Gasteiger charge is 2.03. The molecule has 0 fully saturated rings. The molecule has 0 saturated carbocycles. The van der Waals surface area contributed by atoms with Crippen LogP contribution < -0.4 is 4.74 Å².